The minimum atomic E-state index is -3.87. The molecule has 0 radical (unpaired) electrons. The first-order valence-electron chi connectivity index (χ1n) is 5.62. The Kier molecular flexibility index (Phi) is 5.07. The topological polar surface area (TPSA) is 116 Å². The number of nitriles is 1. The Morgan fingerprint density at radius 3 is 2.70 bits per heavy atom. The Balaban J connectivity index is 3.11. The number of carboxylic acid groups (broad SMARTS) is 1. The van der Waals surface area contributed by atoms with Crippen LogP contribution in [0.3, 0.4) is 0 Å². The van der Waals surface area contributed by atoms with E-state index < -0.39 is 21.9 Å². The van der Waals surface area contributed by atoms with E-state index in [2.05, 4.69) is 4.72 Å². The summed E-state index contributed by atoms with van der Waals surface area (Å²) >= 11 is 0. The average molecular weight is 298 g/mol. The Labute approximate surface area is 116 Å². The van der Waals surface area contributed by atoms with Gasteiger partial charge < -0.3 is 9.84 Å². The van der Waals surface area contributed by atoms with Gasteiger partial charge in [-0.2, -0.15) is 5.26 Å². The monoisotopic (exact) mass is 298 g/mol. The number of sulfonamides is 1. The fourth-order valence-electron chi connectivity index (χ4n) is 1.39. The maximum Gasteiger partial charge on any atom is 0.339 e. The Morgan fingerprint density at radius 2 is 2.20 bits per heavy atom. The predicted molar refractivity (Wildman–Crippen MR) is 69.9 cm³/mol. The number of nitrogens with one attached hydrogen (secondary N) is 1. The van der Waals surface area contributed by atoms with Gasteiger partial charge in [0.2, 0.25) is 10.0 Å². The summed E-state index contributed by atoms with van der Waals surface area (Å²) in [6.45, 7) is 1.52. The van der Waals surface area contributed by atoms with Crippen LogP contribution in [-0.4, -0.2) is 33.1 Å². The zero-order valence-electron chi connectivity index (χ0n) is 11.0. The number of ether oxygens (including phenoxy) is 1. The number of hydrogen-bond donors (Lipinski definition) is 2. The molecule has 0 aliphatic heterocycles. The largest absolute Gasteiger partial charge is 0.496 e. The molecule has 1 atom stereocenters. The normalized spacial score (nSPS) is 12.4. The highest BCUT2D eigenvalue weighted by Crippen LogP contribution is 2.22. The van der Waals surface area contributed by atoms with Crippen molar-refractivity contribution in [3.63, 3.8) is 0 Å². The summed E-state index contributed by atoms with van der Waals surface area (Å²) in [5, 5.41) is 17.6. The van der Waals surface area contributed by atoms with Gasteiger partial charge in [0.15, 0.2) is 0 Å². The van der Waals surface area contributed by atoms with Crippen molar-refractivity contribution in [2.24, 2.45) is 5.92 Å². The Bertz CT molecular complexity index is 648. The summed E-state index contributed by atoms with van der Waals surface area (Å²) in [6, 6.07) is 5.42. The minimum absolute atomic E-state index is 0.0483. The highest BCUT2D eigenvalue weighted by atomic mass is 32.2. The van der Waals surface area contributed by atoms with Gasteiger partial charge >= 0.3 is 5.97 Å². The molecule has 0 heterocycles. The van der Waals surface area contributed by atoms with Gasteiger partial charge in [-0.05, 0) is 25.1 Å². The molecule has 1 unspecified atom stereocenters. The van der Waals surface area contributed by atoms with E-state index in [0.717, 1.165) is 6.07 Å². The molecule has 1 aromatic carbocycles. The number of hydrogen-bond acceptors (Lipinski definition) is 5. The first-order chi connectivity index (χ1) is 9.31. The van der Waals surface area contributed by atoms with Crippen LogP contribution >= 0.6 is 0 Å². The summed E-state index contributed by atoms with van der Waals surface area (Å²) in [5.41, 5.74) is -0.247. The smallest absolute Gasteiger partial charge is 0.339 e. The lowest BCUT2D eigenvalue weighted by Gasteiger charge is -2.10. The fourth-order valence-corrected chi connectivity index (χ4v) is 2.54. The zero-order valence-corrected chi connectivity index (χ0v) is 11.8. The van der Waals surface area contributed by atoms with Crippen molar-refractivity contribution in [3.8, 4) is 11.8 Å². The third kappa shape index (κ3) is 3.69. The van der Waals surface area contributed by atoms with E-state index >= 15 is 0 Å². The van der Waals surface area contributed by atoms with Crippen molar-refractivity contribution in [1.29, 1.82) is 5.26 Å². The Morgan fingerprint density at radius 1 is 1.55 bits per heavy atom. The van der Waals surface area contributed by atoms with E-state index in [1.54, 1.807) is 6.92 Å². The van der Waals surface area contributed by atoms with E-state index in [4.69, 9.17) is 15.1 Å². The first kappa shape index (κ1) is 15.9. The molecule has 7 nitrogen and oxygen atoms in total. The van der Waals surface area contributed by atoms with Crippen LogP contribution in [-0.2, 0) is 10.0 Å². The van der Waals surface area contributed by atoms with Gasteiger partial charge in [0.25, 0.3) is 0 Å². The summed E-state index contributed by atoms with van der Waals surface area (Å²) in [4.78, 5) is 10.8. The molecule has 20 heavy (non-hydrogen) atoms. The van der Waals surface area contributed by atoms with Crippen LogP contribution in [0.15, 0.2) is 23.1 Å². The second kappa shape index (κ2) is 6.36. The molecular formula is C12H14N2O5S. The molecule has 108 valence electrons. The van der Waals surface area contributed by atoms with Crippen molar-refractivity contribution in [3.05, 3.63) is 23.8 Å². The number of rotatable bonds is 6. The van der Waals surface area contributed by atoms with Gasteiger partial charge in [-0.3, -0.25) is 0 Å². The molecule has 1 rings (SSSR count). The maximum atomic E-state index is 12.0. The maximum absolute atomic E-state index is 12.0. The summed E-state index contributed by atoms with van der Waals surface area (Å²) in [7, 11) is -2.57. The van der Waals surface area contributed by atoms with Crippen LogP contribution in [0, 0.1) is 17.2 Å². The molecular weight excluding hydrogens is 284 g/mol. The standard InChI is InChI=1S/C12H14N2O5S/c1-8(6-13)7-14-20(17,18)9-3-4-11(19-2)10(5-9)12(15)16/h3-5,8,14H,7H2,1-2H3,(H,15,16). The third-order valence-electron chi connectivity index (χ3n) is 2.51. The molecule has 0 fully saturated rings. The highest BCUT2D eigenvalue weighted by molar-refractivity contribution is 7.89. The molecule has 0 aliphatic carbocycles. The lowest BCUT2D eigenvalue weighted by Crippen LogP contribution is -2.28. The molecule has 0 saturated carbocycles. The van der Waals surface area contributed by atoms with Gasteiger partial charge in [-0.25, -0.2) is 17.9 Å². The van der Waals surface area contributed by atoms with Crippen molar-refractivity contribution >= 4 is 16.0 Å². The fraction of sp³-hybridized carbons (Fsp3) is 0.333. The summed E-state index contributed by atoms with van der Waals surface area (Å²) < 4.78 is 31.0. The molecule has 1 aromatic rings. The van der Waals surface area contributed by atoms with Crippen LogP contribution in [0.2, 0.25) is 0 Å². The van der Waals surface area contributed by atoms with E-state index in [1.807, 2.05) is 6.07 Å². The van der Waals surface area contributed by atoms with E-state index in [-0.39, 0.29) is 22.8 Å². The number of carboxylic acids is 1. The van der Waals surface area contributed by atoms with Gasteiger partial charge in [0, 0.05) is 6.54 Å². The molecule has 0 aromatic heterocycles. The van der Waals surface area contributed by atoms with Gasteiger partial charge in [0.05, 0.1) is 24.0 Å². The zero-order chi connectivity index (χ0) is 15.3. The highest BCUT2D eigenvalue weighted by Gasteiger charge is 2.19. The minimum Gasteiger partial charge on any atom is -0.496 e. The molecule has 0 aliphatic rings. The van der Waals surface area contributed by atoms with Crippen LogP contribution < -0.4 is 9.46 Å². The number of methoxy groups -OCH3 is 1. The van der Waals surface area contributed by atoms with Crippen LogP contribution in [0.5, 0.6) is 5.75 Å². The van der Waals surface area contributed by atoms with E-state index in [1.165, 1.54) is 19.2 Å². The SMILES string of the molecule is COc1ccc(S(=O)(=O)NCC(C)C#N)cc1C(=O)O. The summed E-state index contributed by atoms with van der Waals surface area (Å²) in [5.74, 6) is -1.70. The number of nitrogens with zero attached hydrogens (tertiary/aromatic N) is 1. The lowest BCUT2D eigenvalue weighted by molar-refractivity contribution is 0.0693. The summed E-state index contributed by atoms with van der Waals surface area (Å²) in [6.07, 6.45) is 0. The van der Waals surface area contributed by atoms with Crippen LogP contribution in [0.4, 0.5) is 0 Å². The Hall–Kier alpha value is -2.11. The van der Waals surface area contributed by atoms with Crippen molar-refractivity contribution < 1.29 is 23.1 Å². The number of carbonyl (C=O) groups is 1. The predicted octanol–water partition coefficient (Wildman–Crippen LogP) is 0.831. The molecule has 8 heteroatoms. The molecule has 0 saturated heterocycles. The quantitative estimate of drug-likeness (QED) is 0.803. The van der Waals surface area contributed by atoms with Crippen molar-refractivity contribution in [2.45, 2.75) is 11.8 Å². The van der Waals surface area contributed by atoms with Gasteiger partial charge in [0.1, 0.15) is 11.3 Å². The second-order valence-electron chi connectivity index (χ2n) is 4.05. The molecule has 0 amide bonds. The lowest BCUT2D eigenvalue weighted by atomic mass is 10.2. The number of benzene rings is 1. The van der Waals surface area contributed by atoms with Crippen LogP contribution in [0.1, 0.15) is 17.3 Å². The molecule has 0 spiro atoms. The van der Waals surface area contributed by atoms with Crippen LogP contribution in [0.25, 0.3) is 0 Å². The van der Waals surface area contributed by atoms with E-state index in [9.17, 15) is 13.2 Å². The van der Waals surface area contributed by atoms with Crippen molar-refractivity contribution in [2.75, 3.05) is 13.7 Å². The van der Waals surface area contributed by atoms with Gasteiger partial charge in [-0.15, -0.1) is 0 Å². The molecule has 2 N–H and O–H groups in total. The molecule has 0 bridgehead atoms. The van der Waals surface area contributed by atoms with E-state index in [0.29, 0.717) is 0 Å². The number of aromatic carboxylic acids is 1. The first-order valence-corrected chi connectivity index (χ1v) is 7.10. The van der Waals surface area contributed by atoms with Gasteiger partial charge in [-0.1, -0.05) is 0 Å². The third-order valence-corrected chi connectivity index (χ3v) is 3.93. The average Bonchev–Trinajstić information content (AvgIpc) is 2.43. The second-order valence-corrected chi connectivity index (χ2v) is 5.82. The van der Waals surface area contributed by atoms with Crippen molar-refractivity contribution in [1.82, 2.24) is 4.72 Å².